The van der Waals surface area contributed by atoms with Gasteiger partial charge in [-0.2, -0.15) is 0 Å². The zero-order valence-electron chi connectivity index (χ0n) is 6.43. The average Bonchev–Trinajstić information content (AvgIpc) is 2.03. The molecular formula is C6H8O7. The second-order valence-electron chi connectivity index (χ2n) is 2.40. The molecule has 4 N–H and O–H groups in total. The third kappa shape index (κ3) is 2.80. The standard InChI is InChI=1S/C6H8O7/c7-2-6(13,5(11)12)1-3(8)4(9)10/h7,13H,1-2H2,(H,9,10)(H,11,12). The number of aliphatic hydroxyl groups is 2. The fourth-order valence-electron chi connectivity index (χ4n) is 0.540. The minimum Gasteiger partial charge on any atom is -0.479 e. The van der Waals surface area contributed by atoms with E-state index in [0.29, 0.717) is 0 Å². The van der Waals surface area contributed by atoms with Crippen molar-refractivity contribution in [3.05, 3.63) is 0 Å². The van der Waals surface area contributed by atoms with Crippen LogP contribution < -0.4 is 0 Å². The van der Waals surface area contributed by atoms with E-state index in [2.05, 4.69) is 0 Å². The molecule has 0 aliphatic heterocycles. The van der Waals surface area contributed by atoms with Crippen LogP contribution in [0.2, 0.25) is 0 Å². The molecule has 0 aromatic heterocycles. The van der Waals surface area contributed by atoms with Crippen LogP contribution in [0.15, 0.2) is 0 Å². The summed E-state index contributed by atoms with van der Waals surface area (Å²) in [5.74, 6) is -5.17. The highest BCUT2D eigenvalue weighted by Crippen LogP contribution is 2.10. The van der Waals surface area contributed by atoms with Gasteiger partial charge in [-0.15, -0.1) is 0 Å². The maximum Gasteiger partial charge on any atom is 0.372 e. The SMILES string of the molecule is O=C(O)C(=O)CC(O)(CO)C(=O)O. The van der Waals surface area contributed by atoms with Gasteiger partial charge in [-0.1, -0.05) is 0 Å². The molecule has 0 saturated carbocycles. The third-order valence-corrected chi connectivity index (χ3v) is 1.35. The zero-order valence-corrected chi connectivity index (χ0v) is 6.43. The molecule has 0 saturated heterocycles. The fraction of sp³-hybridized carbons (Fsp3) is 0.500. The van der Waals surface area contributed by atoms with Crippen molar-refractivity contribution in [2.75, 3.05) is 6.61 Å². The molecule has 0 aliphatic rings. The summed E-state index contributed by atoms with van der Waals surface area (Å²) in [5, 5.41) is 33.8. The summed E-state index contributed by atoms with van der Waals surface area (Å²) < 4.78 is 0. The van der Waals surface area contributed by atoms with E-state index in [0.717, 1.165) is 0 Å². The molecule has 0 fully saturated rings. The number of hydrogen-bond donors (Lipinski definition) is 4. The molecule has 1 unspecified atom stereocenters. The molecule has 0 rings (SSSR count). The molecule has 0 spiro atoms. The molecule has 7 heteroatoms. The first kappa shape index (κ1) is 11.5. The molecule has 1 atom stereocenters. The number of carboxylic acid groups (broad SMARTS) is 2. The van der Waals surface area contributed by atoms with E-state index in [9.17, 15) is 14.4 Å². The van der Waals surface area contributed by atoms with E-state index < -0.39 is 36.4 Å². The Morgan fingerprint density at radius 2 is 1.62 bits per heavy atom. The van der Waals surface area contributed by atoms with E-state index >= 15 is 0 Å². The molecule has 0 aromatic rings. The number of aliphatic carboxylic acids is 2. The lowest BCUT2D eigenvalue weighted by Gasteiger charge is -2.18. The number of hydrogen-bond acceptors (Lipinski definition) is 5. The van der Waals surface area contributed by atoms with Crippen LogP contribution in [0.5, 0.6) is 0 Å². The lowest BCUT2D eigenvalue weighted by atomic mass is 9.98. The average molecular weight is 192 g/mol. The summed E-state index contributed by atoms with van der Waals surface area (Å²) in [6, 6.07) is 0. The van der Waals surface area contributed by atoms with Gasteiger partial charge in [-0.3, -0.25) is 4.79 Å². The molecule has 0 bridgehead atoms. The minimum atomic E-state index is -2.71. The van der Waals surface area contributed by atoms with Crippen molar-refractivity contribution in [3.63, 3.8) is 0 Å². The first-order chi connectivity index (χ1) is 5.83. The van der Waals surface area contributed by atoms with Crippen LogP contribution >= 0.6 is 0 Å². The van der Waals surface area contributed by atoms with Gasteiger partial charge in [-0.25, -0.2) is 9.59 Å². The summed E-state index contributed by atoms with van der Waals surface area (Å²) in [7, 11) is 0. The normalized spacial score (nSPS) is 14.6. The Bertz CT molecular complexity index is 245. The summed E-state index contributed by atoms with van der Waals surface area (Å²) in [4.78, 5) is 30.7. The minimum absolute atomic E-state index is 1.16. The Morgan fingerprint density at radius 1 is 1.15 bits per heavy atom. The largest absolute Gasteiger partial charge is 0.479 e. The van der Waals surface area contributed by atoms with Gasteiger partial charge < -0.3 is 20.4 Å². The highest BCUT2D eigenvalue weighted by Gasteiger charge is 2.39. The maximum atomic E-state index is 10.5. The number of carbonyl (C=O) groups is 3. The van der Waals surface area contributed by atoms with Crippen LogP contribution in [-0.2, 0) is 14.4 Å². The first-order valence-corrected chi connectivity index (χ1v) is 3.16. The van der Waals surface area contributed by atoms with Crippen molar-refractivity contribution in [1.82, 2.24) is 0 Å². The molecule has 13 heavy (non-hydrogen) atoms. The van der Waals surface area contributed by atoms with Crippen molar-refractivity contribution in [3.8, 4) is 0 Å². The quantitative estimate of drug-likeness (QED) is 0.364. The van der Waals surface area contributed by atoms with Gasteiger partial charge in [0.25, 0.3) is 0 Å². The first-order valence-electron chi connectivity index (χ1n) is 3.16. The number of rotatable bonds is 5. The lowest BCUT2D eigenvalue weighted by molar-refractivity contribution is -0.167. The van der Waals surface area contributed by atoms with Crippen molar-refractivity contribution >= 4 is 17.7 Å². The van der Waals surface area contributed by atoms with Crippen molar-refractivity contribution in [2.24, 2.45) is 0 Å². The predicted octanol–water partition coefficient (Wildman–Crippen LogP) is -2.16. The highest BCUT2D eigenvalue weighted by molar-refractivity contribution is 6.33. The van der Waals surface area contributed by atoms with Crippen molar-refractivity contribution in [1.29, 1.82) is 0 Å². The van der Waals surface area contributed by atoms with Crippen LogP contribution in [0.25, 0.3) is 0 Å². The van der Waals surface area contributed by atoms with Crippen LogP contribution in [0, 0.1) is 0 Å². The van der Waals surface area contributed by atoms with E-state index in [4.69, 9.17) is 20.4 Å². The highest BCUT2D eigenvalue weighted by atomic mass is 16.4. The lowest BCUT2D eigenvalue weighted by Crippen LogP contribution is -2.45. The number of Topliss-reactive ketones (excluding diaryl/α,β-unsaturated/α-hetero) is 1. The Balaban J connectivity index is 4.55. The fourth-order valence-corrected chi connectivity index (χ4v) is 0.540. The Hall–Kier alpha value is -1.47. The number of carboxylic acids is 2. The van der Waals surface area contributed by atoms with Gasteiger partial charge in [0.05, 0.1) is 13.0 Å². The van der Waals surface area contributed by atoms with E-state index in [1.165, 1.54) is 0 Å². The topological polar surface area (TPSA) is 132 Å². The molecule has 0 heterocycles. The molecular weight excluding hydrogens is 184 g/mol. The van der Waals surface area contributed by atoms with E-state index in [1.807, 2.05) is 0 Å². The monoisotopic (exact) mass is 192 g/mol. The Labute approximate surface area is 72.2 Å². The summed E-state index contributed by atoms with van der Waals surface area (Å²) in [6.45, 7) is -1.22. The van der Waals surface area contributed by atoms with Gasteiger partial charge in [-0.05, 0) is 0 Å². The second kappa shape index (κ2) is 3.97. The van der Waals surface area contributed by atoms with Gasteiger partial charge in [0.2, 0.25) is 5.78 Å². The molecule has 0 radical (unpaired) electrons. The smallest absolute Gasteiger partial charge is 0.372 e. The van der Waals surface area contributed by atoms with Crippen LogP contribution in [0.3, 0.4) is 0 Å². The van der Waals surface area contributed by atoms with Gasteiger partial charge in [0.15, 0.2) is 5.60 Å². The number of carbonyl (C=O) groups excluding carboxylic acids is 1. The number of ketones is 1. The van der Waals surface area contributed by atoms with Gasteiger partial charge >= 0.3 is 11.9 Å². The van der Waals surface area contributed by atoms with Crippen LogP contribution in [0.4, 0.5) is 0 Å². The second-order valence-corrected chi connectivity index (χ2v) is 2.40. The van der Waals surface area contributed by atoms with Crippen LogP contribution in [-0.4, -0.2) is 50.4 Å². The number of aliphatic hydroxyl groups excluding tert-OH is 1. The molecule has 0 amide bonds. The van der Waals surface area contributed by atoms with Gasteiger partial charge in [0.1, 0.15) is 0 Å². The van der Waals surface area contributed by atoms with Gasteiger partial charge in [0, 0.05) is 0 Å². The molecule has 7 nitrogen and oxygen atoms in total. The molecule has 74 valence electrons. The maximum absolute atomic E-state index is 10.5. The molecule has 0 aromatic carbocycles. The third-order valence-electron chi connectivity index (χ3n) is 1.35. The van der Waals surface area contributed by atoms with E-state index in [1.54, 1.807) is 0 Å². The molecule has 0 aliphatic carbocycles. The van der Waals surface area contributed by atoms with Crippen LogP contribution in [0.1, 0.15) is 6.42 Å². The summed E-state index contributed by atoms with van der Waals surface area (Å²) >= 11 is 0. The summed E-state index contributed by atoms with van der Waals surface area (Å²) in [6.07, 6.45) is -1.16. The Morgan fingerprint density at radius 3 is 1.85 bits per heavy atom. The zero-order chi connectivity index (χ0) is 10.6. The van der Waals surface area contributed by atoms with Crippen molar-refractivity contribution < 1.29 is 34.8 Å². The Kier molecular flexibility index (Phi) is 3.52. The summed E-state index contributed by atoms with van der Waals surface area (Å²) in [5.41, 5.74) is -2.71. The predicted molar refractivity (Wildman–Crippen MR) is 36.9 cm³/mol. The van der Waals surface area contributed by atoms with Crippen molar-refractivity contribution in [2.45, 2.75) is 12.0 Å². The van der Waals surface area contributed by atoms with E-state index in [-0.39, 0.29) is 0 Å².